The van der Waals surface area contributed by atoms with E-state index in [9.17, 15) is 19.2 Å². The topological polar surface area (TPSA) is 243 Å². The van der Waals surface area contributed by atoms with Gasteiger partial charge in [0, 0.05) is 105 Å². The maximum Gasteiger partial charge on any atom is 0.0165 e. The summed E-state index contributed by atoms with van der Waals surface area (Å²) in [7, 11) is 3.21. The maximum absolute atomic E-state index is 13.7. The third kappa shape index (κ3) is 15.4. The van der Waals surface area contributed by atoms with Crippen LogP contribution in [0.15, 0.2) is 72.4 Å². The van der Waals surface area contributed by atoms with Crippen molar-refractivity contribution in [3.05, 3.63) is 118 Å². The van der Waals surface area contributed by atoms with E-state index >= 15 is 0 Å². The number of hydrogen-bond acceptors (Lipinski definition) is 14. The van der Waals surface area contributed by atoms with Crippen molar-refractivity contribution in [3.63, 3.8) is 0 Å². The summed E-state index contributed by atoms with van der Waals surface area (Å²) in [6.07, 6.45) is 4.34. The SMILES string of the molecule is C.CC#CCn1c(Br)nc2c1c(=O)n(Cc1nc(C)c3ccccc3n1)c(=O)n2C.CC#CCn1c(N2CCC[C@@H](N)C2)nc2c1c(=O)n(Cc1nc(C)c3ccccc3n1)c(=O)n2C.II.I[I-]I.N[C@@H]1CCCNC1. The fourth-order valence-electron chi connectivity index (χ4n) is 8.92. The zero-order valence-corrected chi connectivity index (χ0v) is 55.0. The molecule has 2 aromatic carbocycles. The number of aryl methyl sites for hydroxylation is 4. The molecule has 26 heteroatoms. The van der Waals surface area contributed by atoms with Gasteiger partial charge in [-0.15, -0.1) is 11.8 Å². The molecular formula is C51H61BrI5N16O4-. The van der Waals surface area contributed by atoms with E-state index in [0.717, 1.165) is 70.2 Å². The molecule has 0 bridgehead atoms. The van der Waals surface area contributed by atoms with Crippen LogP contribution in [0.25, 0.3) is 44.1 Å². The van der Waals surface area contributed by atoms with Crippen LogP contribution in [0.3, 0.4) is 0 Å². The van der Waals surface area contributed by atoms with Crippen LogP contribution in [0.5, 0.6) is 0 Å². The number of aromatic nitrogens is 12. The largest absolute Gasteiger partial charge is 0.327 e. The van der Waals surface area contributed by atoms with E-state index in [4.69, 9.17) is 16.5 Å². The van der Waals surface area contributed by atoms with Crippen LogP contribution in [0.1, 0.15) is 70.0 Å². The minimum absolute atomic E-state index is 0. The quantitative estimate of drug-likeness (QED) is 0.116. The van der Waals surface area contributed by atoms with Gasteiger partial charge in [-0.3, -0.25) is 32.4 Å². The van der Waals surface area contributed by atoms with Crippen LogP contribution in [0.2, 0.25) is 0 Å². The standard InChI is InChI=1S/C25H28N8O2.C20H17BrN6O2.C5H12N2.CH4.I3.I2/c1-4-5-13-32-21-22(29-24(32)31-12-8-9-17(26)14-31)30(3)25(35)33(23(21)34)15-20-27-16(2)18-10-6-7-11-19(18)28-20;1-4-5-10-26-16-17(24-19(26)21)25(3)20(29)27(18(16)28)11-15-22-12(2)13-8-6-7-9-14(13)23-15;6-5-2-1-3-7-4-5;;1-3-2;1-2/h6-7,10-11,17H,8-9,12-15,26H2,1-3H3;6-9H,10-11H2,1-3H3;5,7H,1-4,6H2;1H4;;/q;;;;-1;/t17-;;5-;;;/m1.1.../s1. The van der Waals surface area contributed by atoms with E-state index in [-0.39, 0.29) is 39.6 Å². The van der Waals surface area contributed by atoms with Gasteiger partial charge in [0.1, 0.15) is 11.6 Å². The van der Waals surface area contributed by atoms with E-state index < -0.39 is 22.5 Å². The average molecular weight is 1680 g/mol. The van der Waals surface area contributed by atoms with Crippen LogP contribution in [0.4, 0.5) is 5.95 Å². The molecule has 8 heterocycles. The Kier molecular flexibility index (Phi) is 25.7. The van der Waals surface area contributed by atoms with Crippen molar-refractivity contribution in [2.24, 2.45) is 25.6 Å². The molecule has 10 rings (SSSR count). The molecule has 2 aliphatic heterocycles. The predicted octanol–water partition coefficient (Wildman–Crippen LogP) is 4.01. The zero-order valence-electron chi connectivity index (χ0n) is 42.6. The number of nitrogens with two attached hydrogens (primary N) is 2. The van der Waals surface area contributed by atoms with Crippen molar-refractivity contribution in [1.29, 1.82) is 0 Å². The molecule has 0 saturated carbocycles. The molecule has 412 valence electrons. The summed E-state index contributed by atoms with van der Waals surface area (Å²) in [6.45, 7) is 11.3. The van der Waals surface area contributed by atoms with Gasteiger partial charge in [0.05, 0.1) is 37.2 Å². The van der Waals surface area contributed by atoms with Gasteiger partial charge in [0.25, 0.3) is 11.1 Å². The van der Waals surface area contributed by atoms with Crippen LogP contribution < -0.4 is 57.4 Å². The molecule has 2 aliphatic rings. The van der Waals surface area contributed by atoms with Crippen molar-refractivity contribution in [1.82, 2.24) is 62.6 Å². The third-order valence-electron chi connectivity index (χ3n) is 12.6. The molecule has 20 nitrogen and oxygen atoms in total. The molecule has 0 amide bonds. The average Bonchev–Trinajstić information content (AvgIpc) is 3.99. The number of para-hydroxylation sites is 2. The number of fused-ring (bicyclic) bond motifs is 4. The predicted molar refractivity (Wildman–Crippen MR) is 342 cm³/mol. The molecule has 2 fully saturated rings. The third-order valence-corrected chi connectivity index (χ3v) is 13.2. The summed E-state index contributed by atoms with van der Waals surface area (Å²) in [4.78, 5) is 82.4. The first-order valence-corrected chi connectivity index (χ1v) is 43.5. The van der Waals surface area contributed by atoms with Gasteiger partial charge in [-0.25, -0.2) is 34.5 Å². The number of nitrogens with zero attached hydrogens (tertiary/aromatic N) is 13. The fourth-order valence-corrected chi connectivity index (χ4v) is 9.39. The second kappa shape index (κ2) is 30.8. The van der Waals surface area contributed by atoms with Gasteiger partial charge in [-0.2, -0.15) is 4.98 Å². The van der Waals surface area contributed by atoms with Crippen molar-refractivity contribution in [2.75, 3.05) is 31.1 Å². The van der Waals surface area contributed by atoms with E-state index in [2.05, 4.69) is 149 Å². The summed E-state index contributed by atoms with van der Waals surface area (Å²) >= 11 is 12.9. The Balaban J connectivity index is 0.000000234. The van der Waals surface area contributed by atoms with Gasteiger partial charge < -0.3 is 26.3 Å². The Morgan fingerprint density at radius 3 is 1.61 bits per heavy atom. The number of rotatable bonds is 7. The van der Waals surface area contributed by atoms with Crippen molar-refractivity contribution in [3.8, 4) is 23.7 Å². The van der Waals surface area contributed by atoms with E-state index in [0.29, 0.717) is 70.5 Å². The Morgan fingerprint density at radius 1 is 0.688 bits per heavy atom. The van der Waals surface area contributed by atoms with Gasteiger partial charge in [0.15, 0.2) is 27.1 Å². The number of nitrogens with one attached hydrogen (secondary N) is 1. The summed E-state index contributed by atoms with van der Waals surface area (Å²) in [5.41, 5.74) is 14.4. The number of halogens is 6. The molecule has 0 unspecified atom stereocenters. The Bertz CT molecular complexity index is 3730. The van der Waals surface area contributed by atoms with Crippen LogP contribution >= 0.6 is 90.4 Å². The minimum Gasteiger partial charge on any atom is -0.327 e. The summed E-state index contributed by atoms with van der Waals surface area (Å²) in [6, 6.07) is 15.8. The van der Waals surface area contributed by atoms with Crippen molar-refractivity contribution in [2.45, 2.75) is 99.1 Å². The number of anilines is 1. The molecule has 5 N–H and O–H groups in total. The summed E-state index contributed by atoms with van der Waals surface area (Å²) < 4.78 is 8.97. The maximum atomic E-state index is 13.7. The number of imidazole rings is 2. The first-order chi connectivity index (χ1) is 36.6. The van der Waals surface area contributed by atoms with Crippen molar-refractivity contribution < 1.29 is 13.3 Å². The molecule has 2 saturated heterocycles. The molecule has 0 radical (unpaired) electrons. The molecule has 6 aromatic heterocycles. The van der Waals surface area contributed by atoms with Gasteiger partial charge >= 0.3 is 61.9 Å². The number of hydrogen-bond donors (Lipinski definition) is 3. The second-order valence-electron chi connectivity index (χ2n) is 17.6. The van der Waals surface area contributed by atoms with Gasteiger partial charge in [-0.1, -0.05) is 55.7 Å². The Morgan fingerprint density at radius 2 is 1.16 bits per heavy atom. The summed E-state index contributed by atoms with van der Waals surface area (Å²) in [5, 5.41) is 5.08. The summed E-state index contributed by atoms with van der Waals surface area (Å²) in [5.74, 6) is 13.1. The van der Waals surface area contributed by atoms with E-state index in [1.165, 1.54) is 26.5 Å². The monoisotopic (exact) mass is 1670 g/mol. The Hall–Kier alpha value is -3.65. The second-order valence-corrected chi connectivity index (χ2v) is 34.6. The molecule has 0 spiro atoms. The molecular weight excluding hydrogens is 1620 g/mol. The Labute approximate surface area is 507 Å². The molecule has 8 aromatic rings. The normalized spacial score (nSPS) is 14.8. The first-order valence-electron chi connectivity index (χ1n) is 23.9. The fraction of sp³-hybridized carbons (Fsp3) is 0.412. The van der Waals surface area contributed by atoms with Gasteiger partial charge in [-0.05, 0) is 88.0 Å². The number of benzene rings is 2. The van der Waals surface area contributed by atoms with Crippen LogP contribution in [-0.4, -0.2) is 95.6 Å². The molecule has 0 aliphatic carbocycles. The van der Waals surface area contributed by atoms with E-state index in [1.807, 2.05) is 62.4 Å². The van der Waals surface area contributed by atoms with E-state index in [1.54, 1.807) is 37.1 Å². The first kappa shape index (κ1) is 64.2. The van der Waals surface area contributed by atoms with Crippen LogP contribution in [-0.2, 0) is 40.3 Å². The minimum atomic E-state index is -0.476. The molecule has 77 heavy (non-hydrogen) atoms. The zero-order chi connectivity index (χ0) is 55.2. The smallest absolute Gasteiger partial charge is 0.0165 e. The number of piperidine rings is 2. The van der Waals surface area contributed by atoms with Crippen LogP contribution in [0, 0.1) is 37.5 Å². The molecule has 2 atom stereocenters. The van der Waals surface area contributed by atoms with Crippen molar-refractivity contribution >= 4 is 140 Å². The van der Waals surface area contributed by atoms with Gasteiger partial charge in [0.2, 0.25) is 5.95 Å².